The fourth-order valence-corrected chi connectivity index (χ4v) is 2.40. The van der Waals surface area contributed by atoms with Crippen molar-refractivity contribution in [2.45, 2.75) is 4.90 Å². The lowest BCUT2D eigenvalue weighted by Crippen LogP contribution is -2.29. The molecule has 2 N–H and O–H groups in total. The van der Waals surface area contributed by atoms with Gasteiger partial charge >= 0.3 is 7.12 Å². The van der Waals surface area contributed by atoms with Crippen LogP contribution in [0, 0.1) is 0 Å². The lowest BCUT2D eigenvalue weighted by Gasteiger charge is -1.96. The summed E-state index contributed by atoms with van der Waals surface area (Å²) in [6.45, 7) is 0. The lowest BCUT2D eigenvalue weighted by molar-refractivity contribution is 0.425. The molecule has 0 saturated heterocycles. The zero-order chi connectivity index (χ0) is 7.56. The van der Waals surface area contributed by atoms with E-state index >= 15 is 0 Å². The number of hydrogen-bond donors (Lipinski definition) is 2. The molecule has 0 bridgehead atoms. The van der Waals surface area contributed by atoms with Gasteiger partial charge in [-0.3, -0.25) is 0 Å². The molecule has 1 aromatic rings. The largest absolute Gasteiger partial charge is 0.490 e. The Labute approximate surface area is 68.0 Å². The first kappa shape index (κ1) is 8.13. The minimum Gasteiger partial charge on any atom is -0.423 e. The van der Waals surface area contributed by atoms with Crippen molar-refractivity contribution in [1.29, 1.82) is 0 Å². The molecule has 0 fully saturated rings. The van der Waals surface area contributed by atoms with Gasteiger partial charge in [-0.05, 0) is 11.6 Å². The summed E-state index contributed by atoms with van der Waals surface area (Å²) in [6, 6.07) is 0. The molecule has 0 radical (unpaired) electrons. The van der Waals surface area contributed by atoms with Crippen molar-refractivity contribution in [1.82, 2.24) is 0 Å². The maximum absolute atomic E-state index is 8.77. The molecule has 10 heavy (non-hydrogen) atoms. The molecule has 54 valence electrons. The summed E-state index contributed by atoms with van der Waals surface area (Å²) in [7, 11) is -1.33. The summed E-state index contributed by atoms with van der Waals surface area (Å²) < 4.78 is 0. The average molecular weight is 174 g/mol. The normalized spacial score (nSPS) is 9.90. The minimum atomic E-state index is -1.33. The van der Waals surface area contributed by atoms with Gasteiger partial charge in [0.2, 0.25) is 0 Å². The van der Waals surface area contributed by atoms with Crippen LogP contribution < -0.4 is 5.46 Å². The van der Waals surface area contributed by atoms with Crippen LogP contribution in [0.4, 0.5) is 0 Å². The van der Waals surface area contributed by atoms with Crippen LogP contribution in [0.15, 0.2) is 15.7 Å². The molecule has 0 saturated carbocycles. The first-order valence-corrected chi connectivity index (χ1v) is 4.88. The van der Waals surface area contributed by atoms with Crippen molar-refractivity contribution >= 4 is 35.7 Å². The molecule has 0 aliphatic carbocycles. The van der Waals surface area contributed by atoms with E-state index in [0.29, 0.717) is 5.46 Å². The summed E-state index contributed by atoms with van der Waals surface area (Å²) in [5.41, 5.74) is 0.609. The van der Waals surface area contributed by atoms with E-state index in [1.54, 1.807) is 5.38 Å². The molecule has 1 heterocycles. The van der Waals surface area contributed by atoms with E-state index in [2.05, 4.69) is 0 Å². The maximum Gasteiger partial charge on any atom is 0.490 e. The Morgan fingerprint density at radius 1 is 1.50 bits per heavy atom. The van der Waals surface area contributed by atoms with Gasteiger partial charge in [0.25, 0.3) is 0 Å². The molecule has 1 rings (SSSR count). The molecule has 1 aromatic heterocycles. The van der Waals surface area contributed by atoms with E-state index in [9.17, 15) is 0 Å². The quantitative estimate of drug-likeness (QED) is 0.495. The SMILES string of the molecule is CSc1cscc1B(O)O. The van der Waals surface area contributed by atoms with Crippen molar-refractivity contribution in [2.24, 2.45) is 0 Å². The molecule has 2 nitrogen and oxygen atoms in total. The van der Waals surface area contributed by atoms with Gasteiger partial charge in [0, 0.05) is 15.7 Å². The maximum atomic E-state index is 8.77. The molecule has 0 unspecified atom stereocenters. The fraction of sp³-hybridized carbons (Fsp3) is 0.200. The Balaban J connectivity index is 2.90. The number of rotatable bonds is 2. The Bertz CT molecular complexity index is 211. The van der Waals surface area contributed by atoms with Crippen LogP contribution in [-0.4, -0.2) is 23.4 Å². The Kier molecular flexibility index (Phi) is 2.79. The van der Waals surface area contributed by atoms with Crippen LogP contribution in [0.5, 0.6) is 0 Å². The second-order valence-corrected chi connectivity index (χ2v) is 3.36. The van der Waals surface area contributed by atoms with E-state index in [1.165, 1.54) is 23.1 Å². The fourth-order valence-electron chi connectivity index (χ4n) is 0.649. The zero-order valence-electron chi connectivity index (χ0n) is 5.44. The number of thiophene rings is 1. The second kappa shape index (κ2) is 3.43. The highest BCUT2D eigenvalue weighted by Gasteiger charge is 2.15. The van der Waals surface area contributed by atoms with Crippen molar-refractivity contribution in [3.63, 3.8) is 0 Å². The lowest BCUT2D eigenvalue weighted by atomic mass is 9.83. The molecular weight excluding hydrogens is 167 g/mol. The molecule has 0 atom stereocenters. The molecule has 0 aliphatic rings. The van der Waals surface area contributed by atoms with Crippen molar-refractivity contribution < 1.29 is 10.0 Å². The summed E-state index contributed by atoms with van der Waals surface area (Å²) >= 11 is 3.00. The third-order valence-electron chi connectivity index (χ3n) is 1.15. The Morgan fingerprint density at radius 3 is 2.60 bits per heavy atom. The van der Waals surface area contributed by atoms with Crippen molar-refractivity contribution in [2.75, 3.05) is 6.26 Å². The summed E-state index contributed by atoms with van der Waals surface area (Å²) in [5, 5.41) is 21.2. The van der Waals surface area contributed by atoms with E-state index in [1.807, 2.05) is 11.6 Å². The van der Waals surface area contributed by atoms with Gasteiger partial charge in [-0.25, -0.2) is 0 Å². The van der Waals surface area contributed by atoms with Crippen LogP contribution >= 0.6 is 23.1 Å². The van der Waals surface area contributed by atoms with Crippen LogP contribution in [-0.2, 0) is 0 Å². The van der Waals surface area contributed by atoms with Crippen molar-refractivity contribution in [3.8, 4) is 0 Å². The molecule has 5 heteroatoms. The summed E-state index contributed by atoms with van der Waals surface area (Å²) in [6.07, 6.45) is 1.91. The summed E-state index contributed by atoms with van der Waals surface area (Å²) in [4.78, 5) is 0.944. The second-order valence-electron chi connectivity index (χ2n) is 1.77. The highest BCUT2D eigenvalue weighted by molar-refractivity contribution is 7.99. The van der Waals surface area contributed by atoms with E-state index in [-0.39, 0.29) is 0 Å². The summed E-state index contributed by atoms with van der Waals surface area (Å²) in [5.74, 6) is 0. The van der Waals surface area contributed by atoms with Gasteiger partial charge in [-0.15, -0.1) is 11.8 Å². The zero-order valence-corrected chi connectivity index (χ0v) is 7.08. The first-order valence-electron chi connectivity index (χ1n) is 2.72. The number of hydrogen-bond acceptors (Lipinski definition) is 4. The van der Waals surface area contributed by atoms with Crippen molar-refractivity contribution in [3.05, 3.63) is 10.8 Å². The minimum absolute atomic E-state index is 0.609. The van der Waals surface area contributed by atoms with Gasteiger partial charge in [0.1, 0.15) is 0 Å². The van der Waals surface area contributed by atoms with Gasteiger partial charge < -0.3 is 10.0 Å². The van der Waals surface area contributed by atoms with Crippen LogP contribution in [0.25, 0.3) is 0 Å². The predicted molar refractivity (Wildman–Crippen MR) is 45.9 cm³/mol. The highest BCUT2D eigenvalue weighted by Crippen LogP contribution is 2.15. The predicted octanol–water partition coefficient (Wildman–Crippen LogP) is 0.150. The van der Waals surface area contributed by atoms with Crippen LogP contribution in [0.2, 0.25) is 0 Å². The van der Waals surface area contributed by atoms with Crippen LogP contribution in [0.3, 0.4) is 0 Å². The smallest absolute Gasteiger partial charge is 0.423 e. The van der Waals surface area contributed by atoms with E-state index in [0.717, 1.165) is 4.90 Å². The van der Waals surface area contributed by atoms with Gasteiger partial charge in [-0.2, -0.15) is 11.3 Å². The topological polar surface area (TPSA) is 40.5 Å². The first-order chi connectivity index (χ1) is 4.75. The van der Waals surface area contributed by atoms with E-state index in [4.69, 9.17) is 10.0 Å². The Hall–Kier alpha value is 0.0349. The molecular formula is C5H7BO2S2. The number of thioether (sulfide) groups is 1. The molecule has 0 amide bonds. The molecule has 0 aromatic carbocycles. The van der Waals surface area contributed by atoms with Gasteiger partial charge in [-0.1, -0.05) is 0 Å². The third kappa shape index (κ3) is 1.55. The van der Waals surface area contributed by atoms with Gasteiger partial charge in [0.05, 0.1) is 0 Å². The molecule has 0 aliphatic heterocycles. The van der Waals surface area contributed by atoms with Crippen LogP contribution in [0.1, 0.15) is 0 Å². The Morgan fingerprint density at radius 2 is 2.20 bits per heavy atom. The third-order valence-corrected chi connectivity index (χ3v) is 2.86. The standard InChI is InChI=1S/C5H7BO2S2/c1-9-5-3-10-2-4(5)6(7)8/h2-3,7-8H,1H3. The van der Waals surface area contributed by atoms with Gasteiger partial charge in [0.15, 0.2) is 0 Å². The molecule has 0 spiro atoms. The average Bonchev–Trinajstić information content (AvgIpc) is 2.33. The monoisotopic (exact) mass is 174 g/mol. The highest BCUT2D eigenvalue weighted by atomic mass is 32.2. The van der Waals surface area contributed by atoms with E-state index < -0.39 is 7.12 Å².